The highest BCUT2D eigenvalue weighted by molar-refractivity contribution is 9.10. The first kappa shape index (κ1) is 13.8. The molecule has 1 saturated heterocycles. The molecule has 1 N–H and O–H groups in total. The first-order valence-corrected chi connectivity index (χ1v) is 7.30. The van der Waals surface area contributed by atoms with Gasteiger partial charge in [0.1, 0.15) is 0 Å². The number of carbonyl (C=O) groups is 1. The molecule has 1 heterocycles. The molecule has 5 heteroatoms. The van der Waals surface area contributed by atoms with Crippen LogP contribution in [0, 0.1) is 0 Å². The van der Waals surface area contributed by atoms with Gasteiger partial charge in [0.25, 0.3) is 0 Å². The summed E-state index contributed by atoms with van der Waals surface area (Å²) in [5.41, 5.74) is 0.855. The van der Waals surface area contributed by atoms with Gasteiger partial charge in [-0.1, -0.05) is 18.5 Å². The molecular weight excluding hydrogens is 316 g/mol. The van der Waals surface area contributed by atoms with Crippen molar-refractivity contribution in [3.8, 4) is 0 Å². The summed E-state index contributed by atoms with van der Waals surface area (Å²) in [5, 5.41) is 3.92. The highest BCUT2D eigenvalue weighted by Crippen LogP contribution is 2.32. The lowest BCUT2D eigenvalue weighted by atomic mass is 10.2. The second-order valence-electron chi connectivity index (χ2n) is 4.38. The summed E-state index contributed by atoms with van der Waals surface area (Å²) in [4.78, 5) is 14.1. The Morgan fingerprint density at radius 2 is 2.33 bits per heavy atom. The van der Waals surface area contributed by atoms with Gasteiger partial charge in [-0.2, -0.15) is 0 Å². The Bertz CT molecular complexity index is 453. The van der Waals surface area contributed by atoms with E-state index in [2.05, 4.69) is 28.2 Å². The van der Waals surface area contributed by atoms with Gasteiger partial charge in [-0.15, -0.1) is 0 Å². The number of nitrogens with one attached hydrogen (secondary N) is 1. The Morgan fingerprint density at radius 1 is 1.56 bits per heavy atom. The van der Waals surface area contributed by atoms with Crippen LogP contribution < -0.4 is 10.2 Å². The molecule has 1 unspecified atom stereocenters. The van der Waals surface area contributed by atoms with Crippen LogP contribution in [0.2, 0.25) is 5.02 Å². The van der Waals surface area contributed by atoms with Gasteiger partial charge in [0, 0.05) is 16.0 Å². The van der Waals surface area contributed by atoms with E-state index in [4.69, 9.17) is 11.6 Å². The minimum Gasteiger partial charge on any atom is -0.310 e. The van der Waals surface area contributed by atoms with Crippen LogP contribution in [-0.2, 0) is 4.79 Å². The molecule has 3 nitrogen and oxygen atoms in total. The van der Waals surface area contributed by atoms with Gasteiger partial charge in [0.2, 0.25) is 5.91 Å². The van der Waals surface area contributed by atoms with Crippen molar-refractivity contribution in [2.24, 2.45) is 0 Å². The van der Waals surface area contributed by atoms with Crippen molar-refractivity contribution in [2.45, 2.75) is 25.8 Å². The standard InChI is InChI=1S/C13H16BrClN2O/c1-2-6-16-11-5-7-17(13(11)18)12-8-9(15)3-4-10(12)14/h3-4,8,11,16H,2,5-7H2,1H3. The van der Waals surface area contributed by atoms with Gasteiger partial charge in [-0.25, -0.2) is 0 Å². The van der Waals surface area contributed by atoms with Gasteiger partial charge in [0.15, 0.2) is 0 Å². The van der Waals surface area contributed by atoms with E-state index in [9.17, 15) is 4.79 Å². The molecule has 1 aliphatic rings. The molecule has 0 spiro atoms. The van der Waals surface area contributed by atoms with Crippen LogP contribution in [0.4, 0.5) is 5.69 Å². The SMILES string of the molecule is CCCNC1CCN(c2cc(Cl)ccc2Br)C1=O. The van der Waals surface area contributed by atoms with Gasteiger partial charge >= 0.3 is 0 Å². The molecule has 1 aromatic carbocycles. The van der Waals surface area contributed by atoms with Gasteiger partial charge in [-0.3, -0.25) is 4.79 Å². The normalized spacial score (nSPS) is 19.6. The molecule has 1 atom stereocenters. The van der Waals surface area contributed by atoms with E-state index in [0.717, 1.165) is 36.1 Å². The van der Waals surface area contributed by atoms with Crippen LogP contribution in [0.15, 0.2) is 22.7 Å². The number of nitrogens with zero attached hydrogens (tertiary/aromatic N) is 1. The summed E-state index contributed by atoms with van der Waals surface area (Å²) in [6, 6.07) is 5.45. The zero-order chi connectivity index (χ0) is 13.1. The summed E-state index contributed by atoms with van der Waals surface area (Å²) >= 11 is 9.46. The average molecular weight is 332 g/mol. The number of benzene rings is 1. The van der Waals surface area contributed by atoms with E-state index in [1.54, 1.807) is 4.90 Å². The third kappa shape index (κ3) is 2.87. The van der Waals surface area contributed by atoms with Gasteiger partial charge in [0.05, 0.1) is 11.7 Å². The van der Waals surface area contributed by atoms with E-state index in [1.807, 2.05) is 18.2 Å². The average Bonchev–Trinajstić information content (AvgIpc) is 2.71. The number of amides is 1. The Labute approximate surface area is 121 Å². The number of anilines is 1. The molecule has 0 aliphatic carbocycles. The number of hydrogen-bond donors (Lipinski definition) is 1. The van der Waals surface area contributed by atoms with Crippen molar-refractivity contribution < 1.29 is 4.79 Å². The molecule has 1 fully saturated rings. The molecule has 98 valence electrons. The largest absolute Gasteiger partial charge is 0.310 e. The van der Waals surface area contributed by atoms with Gasteiger partial charge in [-0.05, 0) is 53.5 Å². The summed E-state index contributed by atoms with van der Waals surface area (Å²) in [7, 11) is 0. The number of halogens is 2. The fourth-order valence-corrected chi connectivity index (χ4v) is 2.75. The van der Waals surface area contributed by atoms with Crippen molar-refractivity contribution in [3.63, 3.8) is 0 Å². The first-order chi connectivity index (χ1) is 8.63. The third-order valence-corrected chi connectivity index (χ3v) is 3.95. The minimum atomic E-state index is -0.0594. The molecule has 18 heavy (non-hydrogen) atoms. The molecule has 1 aliphatic heterocycles. The second-order valence-corrected chi connectivity index (χ2v) is 5.67. The highest BCUT2D eigenvalue weighted by Gasteiger charge is 2.32. The maximum Gasteiger partial charge on any atom is 0.244 e. The second kappa shape index (κ2) is 6.04. The van der Waals surface area contributed by atoms with Crippen molar-refractivity contribution in [3.05, 3.63) is 27.7 Å². The fraction of sp³-hybridized carbons (Fsp3) is 0.462. The summed E-state index contributed by atoms with van der Waals surface area (Å²) in [6.07, 6.45) is 1.88. The lowest BCUT2D eigenvalue weighted by molar-refractivity contribution is -0.118. The summed E-state index contributed by atoms with van der Waals surface area (Å²) in [6.45, 7) is 3.71. The van der Waals surface area contributed by atoms with Gasteiger partial charge < -0.3 is 10.2 Å². The zero-order valence-corrected chi connectivity index (χ0v) is 12.6. The zero-order valence-electron chi connectivity index (χ0n) is 10.2. The quantitative estimate of drug-likeness (QED) is 0.919. The smallest absolute Gasteiger partial charge is 0.244 e. The van der Waals surface area contributed by atoms with E-state index < -0.39 is 0 Å². The van der Waals surface area contributed by atoms with Crippen LogP contribution in [-0.4, -0.2) is 25.0 Å². The van der Waals surface area contributed by atoms with Crippen molar-refractivity contribution in [1.82, 2.24) is 5.32 Å². The van der Waals surface area contributed by atoms with E-state index in [0.29, 0.717) is 5.02 Å². The van der Waals surface area contributed by atoms with Crippen LogP contribution in [0.25, 0.3) is 0 Å². The number of rotatable bonds is 4. The Morgan fingerprint density at radius 3 is 3.06 bits per heavy atom. The predicted molar refractivity (Wildman–Crippen MR) is 78.2 cm³/mol. The van der Waals surface area contributed by atoms with Crippen LogP contribution in [0.3, 0.4) is 0 Å². The molecular formula is C13H16BrClN2O. The van der Waals surface area contributed by atoms with Crippen molar-refractivity contribution in [1.29, 1.82) is 0 Å². The topological polar surface area (TPSA) is 32.3 Å². The summed E-state index contributed by atoms with van der Waals surface area (Å²) in [5.74, 6) is 0.131. The summed E-state index contributed by atoms with van der Waals surface area (Å²) < 4.78 is 0.899. The van der Waals surface area contributed by atoms with E-state index in [-0.39, 0.29) is 11.9 Å². The first-order valence-electron chi connectivity index (χ1n) is 6.13. The maximum atomic E-state index is 12.3. The molecule has 1 amide bonds. The third-order valence-electron chi connectivity index (χ3n) is 3.05. The number of carbonyl (C=O) groups excluding carboxylic acids is 1. The van der Waals surface area contributed by atoms with Crippen molar-refractivity contribution in [2.75, 3.05) is 18.0 Å². The van der Waals surface area contributed by atoms with E-state index >= 15 is 0 Å². The van der Waals surface area contributed by atoms with Crippen molar-refractivity contribution >= 4 is 39.1 Å². The Kier molecular flexibility index (Phi) is 4.65. The lowest BCUT2D eigenvalue weighted by Crippen LogP contribution is -2.38. The molecule has 0 aromatic heterocycles. The molecule has 0 radical (unpaired) electrons. The van der Waals surface area contributed by atoms with E-state index in [1.165, 1.54) is 0 Å². The number of hydrogen-bond acceptors (Lipinski definition) is 2. The van der Waals surface area contributed by atoms with Crippen LogP contribution in [0.5, 0.6) is 0 Å². The fourth-order valence-electron chi connectivity index (χ4n) is 2.12. The van der Waals surface area contributed by atoms with Crippen LogP contribution in [0.1, 0.15) is 19.8 Å². The Balaban J connectivity index is 2.15. The molecule has 2 rings (SSSR count). The Hall–Kier alpha value is -0.580. The minimum absolute atomic E-state index is 0.0594. The highest BCUT2D eigenvalue weighted by atomic mass is 79.9. The van der Waals surface area contributed by atoms with Crippen LogP contribution >= 0.6 is 27.5 Å². The molecule has 1 aromatic rings. The monoisotopic (exact) mass is 330 g/mol. The predicted octanol–water partition coefficient (Wildman–Crippen LogP) is 3.21. The lowest BCUT2D eigenvalue weighted by Gasteiger charge is -2.19. The maximum absolute atomic E-state index is 12.3. The molecule has 0 bridgehead atoms. The molecule has 0 saturated carbocycles.